The van der Waals surface area contributed by atoms with Crippen LogP contribution in [0.25, 0.3) is 0 Å². The third kappa shape index (κ3) is 4.83. The molecule has 0 aliphatic carbocycles. The minimum Gasteiger partial charge on any atom is -0.298 e. The van der Waals surface area contributed by atoms with E-state index in [9.17, 15) is 4.79 Å². The summed E-state index contributed by atoms with van der Waals surface area (Å²) in [4.78, 5) is 13.5. The van der Waals surface area contributed by atoms with E-state index in [2.05, 4.69) is 67.2 Å². The first-order chi connectivity index (χ1) is 14.1. The summed E-state index contributed by atoms with van der Waals surface area (Å²) in [6, 6.07) is 31.4. The smallest absolute Gasteiger partial charge is 0.147 e. The van der Waals surface area contributed by atoms with Crippen molar-refractivity contribution in [1.82, 2.24) is 4.67 Å². The van der Waals surface area contributed by atoms with Crippen LogP contribution in [0.3, 0.4) is 0 Å². The van der Waals surface area contributed by atoms with Crippen LogP contribution in [0.15, 0.2) is 91.0 Å². The van der Waals surface area contributed by atoms with Crippen LogP contribution in [0.4, 0.5) is 0 Å². The van der Waals surface area contributed by atoms with Crippen LogP contribution in [0, 0.1) is 0 Å². The van der Waals surface area contributed by atoms with E-state index in [0.29, 0.717) is 15.2 Å². The molecule has 0 bridgehead atoms. The normalized spacial score (nSPS) is 13.1. The Morgan fingerprint density at radius 1 is 0.862 bits per heavy atom. The molecule has 0 fully saturated rings. The molecule has 0 amide bonds. The Kier molecular flexibility index (Phi) is 7.36. The number of hydrogen-bond donors (Lipinski definition) is 0. The number of carbonyl (C=O) groups is 1. The van der Waals surface area contributed by atoms with Crippen molar-refractivity contribution in [2.45, 2.75) is 38.1 Å². The van der Waals surface area contributed by atoms with Gasteiger partial charge in [0.15, 0.2) is 0 Å². The molecule has 150 valence electrons. The summed E-state index contributed by atoms with van der Waals surface area (Å²) in [7, 11) is 2.74. The number of rotatable bonds is 9. The van der Waals surface area contributed by atoms with Crippen molar-refractivity contribution in [2.75, 3.05) is 7.05 Å². The standard InChI is InChI=1S/C26H30NOP/c1-4-25(28)26(22-14-8-5-9-15-22,23-16-10-6-11-17-23)20-21(2)27(3)29-24-18-12-7-13-19-24/h5-19,21,29H,4,20H2,1-3H3. The highest BCUT2D eigenvalue weighted by Gasteiger charge is 2.42. The van der Waals surface area contributed by atoms with E-state index in [-0.39, 0.29) is 11.8 Å². The molecule has 0 radical (unpaired) electrons. The van der Waals surface area contributed by atoms with Gasteiger partial charge in [0.1, 0.15) is 5.78 Å². The number of ketones is 1. The first kappa shape index (κ1) is 21.4. The van der Waals surface area contributed by atoms with Gasteiger partial charge in [-0.2, -0.15) is 0 Å². The second-order valence-corrected chi connectivity index (χ2v) is 9.06. The minimum absolute atomic E-state index is 0.240. The second-order valence-electron chi connectivity index (χ2n) is 7.56. The van der Waals surface area contributed by atoms with Crippen molar-refractivity contribution in [2.24, 2.45) is 0 Å². The zero-order valence-corrected chi connectivity index (χ0v) is 18.5. The lowest BCUT2D eigenvalue weighted by molar-refractivity contribution is -0.123. The Morgan fingerprint density at radius 2 is 1.31 bits per heavy atom. The third-order valence-electron chi connectivity index (χ3n) is 5.67. The molecule has 3 aromatic rings. The average Bonchev–Trinajstić information content (AvgIpc) is 2.78. The van der Waals surface area contributed by atoms with Crippen LogP contribution in [-0.4, -0.2) is 23.5 Å². The van der Waals surface area contributed by atoms with Gasteiger partial charge in [-0.15, -0.1) is 0 Å². The van der Waals surface area contributed by atoms with E-state index >= 15 is 0 Å². The molecule has 3 rings (SSSR count). The average molecular weight is 404 g/mol. The van der Waals surface area contributed by atoms with Crippen molar-refractivity contribution in [3.8, 4) is 0 Å². The fraction of sp³-hybridized carbons (Fsp3) is 0.269. The van der Waals surface area contributed by atoms with Gasteiger partial charge in [0.05, 0.1) is 5.41 Å². The van der Waals surface area contributed by atoms with Crippen molar-refractivity contribution >= 4 is 19.8 Å². The summed E-state index contributed by atoms with van der Waals surface area (Å²) < 4.78 is 2.37. The molecule has 0 aliphatic heterocycles. The molecule has 0 saturated heterocycles. The van der Waals surface area contributed by atoms with Gasteiger partial charge in [0.25, 0.3) is 0 Å². The maximum Gasteiger partial charge on any atom is 0.147 e. The molecule has 2 unspecified atom stereocenters. The van der Waals surface area contributed by atoms with E-state index in [1.807, 2.05) is 49.4 Å². The fourth-order valence-corrected chi connectivity index (χ4v) is 5.05. The molecule has 3 heteroatoms. The van der Waals surface area contributed by atoms with Crippen molar-refractivity contribution in [1.29, 1.82) is 0 Å². The number of nitrogens with zero attached hydrogens (tertiary/aromatic N) is 1. The van der Waals surface area contributed by atoms with Gasteiger partial charge in [-0.3, -0.25) is 9.46 Å². The van der Waals surface area contributed by atoms with E-state index in [1.54, 1.807) is 0 Å². The Balaban J connectivity index is 1.99. The summed E-state index contributed by atoms with van der Waals surface area (Å²) in [5.41, 5.74) is 1.54. The third-order valence-corrected chi connectivity index (χ3v) is 7.06. The van der Waals surface area contributed by atoms with E-state index < -0.39 is 5.41 Å². The van der Waals surface area contributed by atoms with E-state index in [4.69, 9.17) is 0 Å². The van der Waals surface area contributed by atoms with Gasteiger partial charge in [-0.1, -0.05) is 97.9 Å². The SMILES string of the molecule is CCC(=O)C(CC(C)N(C)Pc1ccccc1)(c1ccccc1)c1ccccc1. The van der Waals surface area contributed by atoms with Gasteiger partial charge in [0, 0.05) is 12.5 Å². The monoisotopic (exact) mass is 403 g/mol. The first-order valence-electron chi connectivity index (χ1n) is 10.3. The molecule has 29 heavy (non-hydrogen) atoms. The molecule has 0 N–H and O–H groups in total. The van der Waals surface area contributed by atoms with Crippen molar-refractivity contribution in [3.05, 3.63) is 102 Å². The van der Waals surface area contributed by atoms with Crippen molar-refractivity contribution < 1.29 is 4.79 Å². The molecule has 2 atom stereocenters. The zero-order valence-electron chi connectivity index (χ0n) is 17.5. The lowest BCUT2D eigenvalue weighted by atomic mass is 9.67. The summed E-state index contributed by atoms with van der Waals surface area (Å²) in [6.45, 7) is 4.21. The summed E-state index contributed by atoms with van der Waals surface area (Å²) in [5.74, 6) is 0.276. The predicted molar refractivity (Wildman–Crippen MR) is 125 cm³/mol. The van der Waals surface area contributed by atoms with E-state index in [1.165, 1.54) is 5.30 Å². The highest BCUT2D eigenvalue weighted by atomic mass is 31.1. The quantitative estimate of drug-likeness (QED) is 0.435. The van der Waals surface area contributed by atoms with Crippen LogP contribution in [0.1, 0.15) is 37.8 Å². The van der Waals surface area contributed by atoms with Gasteiger partial charge >= 0.3 is 0 Å². The fourth-order valence-electron chi connectivity index (χ4n) is 3.99. The molecule has 0 heterocycles. The lowest BCUT2D eigenvalue weighted by Gasteiger charge is -2.38. The molecule has 0 saturated carbocycles. The minimum atomic E-state index is -0.633. The Hall–Kier alpha value is -2.28. The summed E-state index contributed by atoms with van der Waals surface area (Å²) in [5, 5.41) is 1.31. The molecule has 0 spiro atoms. The Morgan fingerprint density at radius 3 is 1.76 bits per heavy atom. The number of hydrogen-bond acceptors (Lipinski definition) is 2. The molecule has 2 nitrogen and oxygen atoms in total. The van der Waals surface area contributed by atoms with Gasteiger partial charge < -0.3 is 0 Å². The van der Waals surface area contributed by atoms with Gasteiger partial charge in [-0.25, -0.2) is 0 Å². The van der Waals surface area contributed by atoms with Gasteiger partial charge in [-0.05, 0) is 45.6 Å². The van der Waals surface area contributed by atoms with Crippen molar-refractivity contribution in [3.63, 3.8) is 0 Å². The van der Waals surface area contributed by atoms with Crippen LogP contribution in [0.2, 0.25) is 0 Å². The lowest BCUT2D eigenvalue weighted by Crippen LogP contribution is -2.42. The topological polar surface area (TPSA) is 20.3 Å². The van der Waals surface area contributed by atoms with Gasteiger partial charge in [0.2, 0.25) is 0 Å². The second kappa shape index (κ2) is 9.96. The highest BCUT2D eigenvalue weighted by molar-refractivity contribution is 7.44. The molecule has 3 aromatic carbocycles. The predicted octanol–water partition coefficient (Wildman–Crippen LogP) is 5.58. The first-order valence-corrected chi connectivity index (χ1v) is 11.2. The van der Waals surface area contributed by atoms with E-state index in [0.717, 1.165) is 17.5 Å². The van der Waals surface area contributed by atoms with Crippen LogP contribution < -0.4 is 5.30 Å². The maximum atomic E-state index is 13.5. The molecular formula is C26H30NOP. The zero-order chi connectivity index (χ0) is 20.7. The molecule has 0 aromatic heterocycles. The largest absolute Gasteiger partial charge is 0.298 e. The van der Waals surface area contributed by atoms with Crippen LogP contribution in [0.5, 0.6) is 0 Å². The maximum absolute atomic E-state index is 13.5. The Labute approximate surface area is 176 Å². The highest BCUT2D eigenvalue weighted by Crippen LogP contribution is 2.40. The Bertz CT molecular complexity index is 856. The van der Waals surface area contributed by atoms with Crippen LogP contribution in [-0.2, 0) is 10.2 Å². The number of carbonyl (C=O) groups excluding carboxylic acids is 1. The molecule has 0 aliphatic rings. The number of benzene rings is 3. The number of Topliss-reactive ketones (excluding diaryl/α,β-unsaturated/α-hetero) is 1. The summed E-state index contributed by atoms with van der Waals surface area (Å²) in [6.07, 6.45) is 1.27. The van der Waals surface area contributed by atoms with Crippen LogP contribution >= 0.6 is 8.73 Å². The summed E-state index contributed by atoms with van der Waals surface area (Å²) >= 11 is 0. The molecular weight excluding hydrogens is 373 g/mol.